The number of aryl methyl sites for hydroxylation is 2. The third-order valence-corrected chi connectivity index (χ3v) is 3.20. The van der Waals surface area contributed by atoms with Gasteiger partial charge in [-0.15, -0.1) is 0 Å². The first kappa shape index (κ1) is 11.7. The van der Waals surface area contributed by atoms with Crippen molar-refractivity contribution in [1.82, 2.24) is 9.55 Å². The van der Waals surface area contributed by atoms with Crippen molar-refractivity contribution in [2.75, 3.05) is 5.73 Å². The van der Waals surface area contributed by atoms with Gasteiger partial charge in [0.1, 0.15) is 5.82 Å². The summed E-state index contributed by atoms with van der Waals surface area (Å²) in [7, 11) is 0. The second-order valence-corrected chi connectivity index (χ2v) is 4.73. The molecule has 3 aromatic rings. The van der Waals surface area contributed by atoms with Crippen LogP contribution in [-0.2, 0) is 0 Å². The van der Waals surface area contributed by atoms with Crippen molar-refractivity contribution in [3.63, 3.8) is 0 Å². The van der Waals surface area contributed by atoms with E-state index < -0.39 is 0 Å². The Hall–Kier alpha value is -2.36. The Morgan fingerprint density at radius 1 is 1.16 bits per heavy atom. The number of para-hydroxylation sites is 1. The Kier molecular flexibility index (Phi) is 2.52. The summed E-state index contributed by atoms with van der Waals surface area (Å²) in [5.74, 6) is 0.0956. The number of aromatic nitrogens is 2. The average Bonchev–Trinajstić information content (AvgIpc) is 2.65. The second kappa shape index (κ2) is 4.09. The molecule has 0 saturated heterocycles. The van der Waals surface area contributed by atoms with Gasteiger partial charge in [-0.25, -0.2) is 9.37 Å². The molecule has 0 aliphatic carbocycles. The van der Waals surface area contributed by atoms with E-state index in [4.69, 9.17) is 5.73 Å². The van der Waals surface area contributed by atoms with Gasteiger partial charge in [0.05, 0.1) is 16.7 Å². The molecule has 19 heavy (non-hydrogen) atoms. The number of nitrogen functional groups attached to an aromatic ring is 1. The van der Waals surface area contributed by atoms with Gasteiger partial charge in [-0.1, -0.05) is 12.1 Å². The molecule has 3 nitrogen and oxygen atoms in total. The highest BCUT2D eigenvalue weighted by Crippen LogP contribution is 2.26. The molecular weight excluding hydrogens is 241 g/mol. The molecule has 1 aromatic heterocycles. The molecule has 1 heterocycles. The van der Waals surface area contributed by atoms with Gasteiger partial charge in [0, 0.05) is 0 Å². The molecule has 0 radical (unpaired) electrons. The first-order valence-electron chi connectivity index (χ1n) is 6.07. The number of imidazole rings is 1. The SMILES string of the molecule is Cc1cc(F)cc(-n2c(N)nc3c(C)cccc32)c1. The highest BCUT2D eigenvalue weighted by Gasteiger charge is 2.12. The molecule has 0 fully saturated rings. The van der Waals surface area contributed by atoms with Crippen LogP contribution in [0.1, 0.15) is 11.1 Å². The standard InChI is InChI=1S/C15H14FN3/c1-9-6-11(16)8-12(7-9)19-13-5-3-4-10(2)14(13)18-15(19)17/h3-8H,1-2H3,(H2,17,18). The number of anilines is 1. The first-order chi connectivity index (χ1) is 9.06. The van der Waals surface area contributed by atoms with Crippen LogP contribution < -0.4 is 5.73 Å². The van der Waals surface area contributed by atoms with E-state index in [9.17, 15) is 4.39 Å². The highest BCUT2D eigenvalue weighted by molar-refractivity contribution is 5.83. The number of fused-ring (bicyclic) bond motifs is 1. The minimum absolute atomic E-state index is 0.274. The minimum Gasteiger partial charge on any atom is -0.369 e. The van der Waals surface area contributed by atoms with E-state index in [0.717, 1.165) is 22.2 Å². The Balaban J connectivity index is 2.36. The molecule has 3 rings (SSSR count). The fraction of sp³-hybridized carbons (Fsp3) is 0.133. The molecule has 0 saturated carbocycles. The van der Waals surface area contributed by atoms with E-state index in [0.29, 0.717) is 11.6 Å². The van der Waals surface area contributed by atoms with Crippen LogP contribution in [0.2, 0.25) is 0 Å². The summed E-state index contributed by atoms with van der Waals surface area (Å²) < 4.78 is 15.3. The first-order valence-corrected chi connectivity index (χ1v) is 6.07. The van der Waals surface area contributed by atoms with Crippen molar-refractivity contribution in [3.05, 3.63) is 53.3 Å². The van der Waals surface area contributed by atoms with Crippen molar-refractivity contribution in [2.24, 2.45) is 0 Å². The number of nitrogens with two attached hydrogens (primary N) is 1. The van der Waals surface area contributed by atoms with E-state index in [1.165, 1.54) is 12.1 Å². The van der Waals surface area contributed by atoms with Gasteiger partial charge < -0.3 is 5.73 Å². The van der Waals surface area contributed by atoms with Gasteiger partial charge in [0.15, 0.2) is 0 Å². The van der Waals surface area contributed by atoms with Gasteiger partial charge in [-0.05, 0) is 49.2 Å². The number of hydrogen-bond acceptors (Lipinski definition) is 2. The number of rotatable bonds is 1. The molecule has 0 bridgehead atoms. The predicted molar refractivity (Wildman–Crippen MR) is 74.9 cm³/mol. The summed E-state index contributed by atoms with van der Waals surface area (Å²) in [6, 6.07) is 10.7. The Morgan fingerprint density at radius 3 is 2.68 bits per heavy atom. The summed E-state index contributed by atoms with van der Waals surface area (Å²) >= 11 is 0. The zero-order chi connectivity index (χ0) is 13.6. The quantitative estimate of drug-likeness (QED) is 0.724. The molecule has 4 heteroatoms. The van der Waals surface area contributed by atoms with E-state index in [1.54, 1.807) is 4.57 Å². The molecule has 0 atom stereocenters. The van der Waals surface area contributed by atoms with Crippen LogP contribution in [0.3, 0.4) is 0 Å². The largest absolute Gasteiger partial charge is 0.369 e. The molecule has 0 aliphatic rings. The van der Waals surface area contributed by atoms with Crippen molar-refractivity contribution in [2.45, 2.75) is 13.8 Å². The maximum atomic E-state index is 13.6. The van der Waals surface area contributed by atoms with E-state index in [-0.39, 0.29) is 5.82 Å². The molecule has 2 aromatic carbocycles. The van der Waals surface area contributed by atoms with Gasteiger partial charge in [-0.2, -0.15) is 0 Å². The fourth-order valence-corrected chi connectivity index (χ4v) is 2.37. The topological polar surface area (TPSA) is 43.8 Å². The highest BCUT2D eigenvalue weighted by atomic mass is 19.1. The van der Waals surface area contributed by atoms with E-state index >= 15 is 0 Å². The summed E-state index contributed by atoms with van der Waals surface area (Å²) in [6.45, 7) is 3.84. The van der Waals surface area contributed by atoms with Crippen molar-refractivity contribution in [1.29, 1.82) is 0 Å². The van der Waals surface area contributed by atoms with E-state index in [1.807, 2.05) is 38.1 Å². The molecule has 0 unspecified atom stereocenters. The van der Waals surface area contributed by atoms with Crippen LogP contribution in [0.15, 0.2) is 36.4 Å². The predicted octanol–water partition coefficient (Wildman–Crippen LogP) is 3.36. The Bertz CT molecular complexity index is 754. The number of hydrogen-bond donors (Lipinski definition) is 1. The smallest absolute Gasteiger partial charge is 0.205 e. The molecule has 0 spiro atoms. The zero-order valence-corrected chi connectivity index (χ0v) is 10.8. The van der Waals surface area contributed by atoms with Crippen LogP contribution in [0.5, 0.6) is 0 Å². The lowest BCUT2D eigenvalue weighted by Gasteiger charge is -2.08. The molecule has 96 valence electrons. The lowest BCUT2D eigenvalue weighted by Crippen LogP contribution is -2.01. The van der Waals surface area contributed by atoms with Gasteiger partial charge in [0.25, 0.3) is 0 Å². The Labute approximate surface area is 110 Å². The molecule has 2 N–H and O–H groups in total. The Morgan fingerprint density at radius 2 is 1.95 bits per heavy atom. The van der Waals surface area contributed by atoms with Crippen LogP contribution in [-0.4, -0.2) is 9.55 Å². The van der Waals surface area contributed by atoms with Gasteiger partial charge in [-0.3, -0.25) is 4.57 Å². The molecular formula is C15H14FN3. The van der Waals surface area contributed by atoms with Crippen LogP contribution in [0, 0.1) is 19.7 Å². The minimum atomic E-state index is -0.274. The summed E-state index contributed by atoms with van der Waals surface area (Å²) in [6.07, 6.45) is 0. The van der Waals surface area contributed by atoms with Gasteiger partial charge >= 0.3 is 0 Å². The van der Waals surface area contributed by atoms with Gasteiger partial charge in [0.2, 0.25) is 5.95 Å². The van der Waals surface area contributed by atoms with E-state index in [2.05, 4.69) is 4.98 Å². The summed E-state index contributed by atoms with van der Waals surface area (Å²) in [4.78, 5) is 4.37. The zero-order valence-electron chi connectivity index (χ0n) is 10.8. The molecule has 0 aliphatic heterocycles. The third kappa shape index (κ3) is 1.85. The third-order valence-electron chi connectivity index (χ3n) is 3.20. The lowest BCUT2D eigenvalue weighted by molar-refractivity contribution is 0.625. The monoisotopic (exact) mass is 255 g/mol. The average molecular weight is 255 g/mol. The summed E-state index contributed by atoms with van der Waals surface area (Å²) in [5.41, 5.74) is 10.3. The van der Waals surface area contributed by atoms with Crippen LogP contribution >= 0.6 is 0 Å². The maximum absolute atomic E-state index is 13.6. The fourth-order valence-electron chi connectivity index (χ4n) is 2.37. The summed E-state index contributed by atoms with van der Waals surface area (Å²) in [5, 5.41) is 0. The van der Waals surface area contributed by atoms with Crippen molar-refractivity contribution in [3.8, 4) is 5.69 Å². The van der Waals surface area contributed by atoms with Crippen molar-refractivity contribution < 1.29 is 4.39 Å². The normalized spacial score (nSPS) is 11.1. The number of halogens is 1. The molecule has 0 amide bonds. The number of nitrogens with zero attached hydrogens (tertiary/aromatic N) is 2. The van der Waals surface area contributed by atoms with Crippen LogP contribution in [0.4, 0.5) is 10.3 Å². The lowest BCUT2D eigenvalue weighted by atomic mass is 10.2. The van der Waals surface area contributed by atoms with Crippen LogP contribution in [0.25, 0.3) is 16.7 Å². The van der Waals surface area contributed by atoms with Crippen molar-refractivity contribution >= 4 is 17.0 Å². The maximum Gasteiger partial charge on any atom is 0.205 e. The second-order valence-electron chi connectivity index (χ2n) is 4.73. The number of benzene rings is 2.